The van der Waals surface area contributed by atoms with Crippen LogP contribution in [0.1, 0.15) is 113 Å². The van der Waals surface area contributed by atoms with Crippen LogP contribution in [0.4, 0.5) is 13.2 Å². The molecule has 0 N–H and O–H groups in total. The molecule has 1 spiro atoms. The average molecular weight is 607 g/mol. The van der Waals surface area contributed by atoms with E-state index in [2.05, 4.69) is 32.9 Å². The summed E-state index contributed by atoms with van der Waals surface area (Å²) in [6.07, 6.45) is 11.4. The maximum absolute atomic E-state index is 13.2. The summed E-state index contributed by atoms with van der Waals surface area (Å²) < 4.78 is 55.3. The van der Waals surface area contributed by atoms with Crippen LogP contribution in [0.5, 0.6) is 0 Å². The predicted octanol–water partition coefficient (Wildman–Crippen LogP) is 6.37. The maximum atomic E-state index is 13.2. The summed E-state index contributed by atoms with van der Waals surface area (Å²) in [7, 11) is 1.94. The number of hydrogen-bond donors (Lipinski definition) is 0. The van der Waals surface area contributed by atoms with Gasteiger partial charge in [0.1, 0.15) is 12.4 Å². The fraction of sp³-hybridized carbons (Fsp3) is 0.844. The lowest BCUT2D eigenvalue weighted by atomic mass is 9.76. The second-order valence-corrected chi connectivity index (χ2v) is 13.9. The molecule has 11 heteroatoms. The van der Waals surface area contributed by atoms with Gasteiger partial charge in [-0.25, -0.2) is 0 Å². The van der Waals surface area contributed by atoms with Crippen molar-refractivity contribution in [2.75, 3.05) is 26.3 Å². The summed E-state index contributed by atoms with van der Waals surface area (Å²) in [6, 6.07) is 1.23. The summed E-state index contributed by atoms with van der Waals surface area (Å²) in [5.74, 6) is 0.625. The van der Waals surface area contributed by atoms with Crippen molar-refractivity contribution in [3.05, 3.63) is 29.6 Å². The zero-order chi connectivity index (χ0) is 30.0. The molecule has 4 aliphatic rings. The van der Waals surface area contributed by atoms with Gasteiger partial charge in [0, 0.05) is 50.3 Å². The monoisotopic (exact) mass is 606 g/mol. The van der Waals surface area contributed by atoms with Crippen LogP contribution in [0.2, 0.25) is 0 Å². The zero-order valence-electron chi connectivity index (χ0n) is 25.9. The number of ether oxygens (including phenoxy) is 2. The second kappa shape index (κ2) is 13.2. The third-order valence-electron chi connectivity index (χ3n) is 10.9. The predicted molar refractivity (Wildman–Crippen MR) is 157 cm³/mol. The molecule has 0 aromatic carbocycles. The summed E-state index contributed by atoms with van der Waals surface area (Å²) in [5, 5.41) is 13.6. The highest BCUT2D eigenvalue weighted by atomic mass is 19.4. The molecule has 0 amide bonds. The molecule has 4 fully saturated rings. The quantitative estimate of drug-likeness (QED) is 0.296. The van der Waals surface area contributed by atoms with Crippen molar-refractivity contribution in [1.82, 2.24) is 29.4 Å². The third-order valence-corrected chi connectivity index (χ3v) is 10.9. The first-order valence-electron chi connectivity index (χ1n) is 16.6. The Kier molecular flexibility index (Phi) is 9.50. The molecule has 43 heavy (non-hydrogen) atoms. The average Bonchev–Trinajstić information content (AvgIpc) is 3.74. The topological polar surface area (TPSA) is 70.2 Å². The zero-order valence-corrected chi connectivity index (χ0v) is 25.9. The fourth-order valence-electron chi connectivity index (χ4n) is 8.08. The van der Waals surface area contributed by atoms with Gasteiger partial charge in [-0.1, -0.05) is 13.3 Å². The molecule has 3 atom stereocenters. The van der Waals surface area contributed by atoms with Crippen molar-refractivity contribution >= 4 is 0 Å². The van der Waals surface area contributed by atoms with Crippen LogP contribution in [0.3, 0.4) is 0 Å². The minimum atomic E-state index is -4.14. The third kappa shape index (κ3) is 7.14. The Hall–Kier alpha value is -1.98. The molecule has 6 rings (SSSR count). The van der Waals surface area contributed by atoms with Gasteiger partial charge < -0.3 is 14.0 Å². The van der Waals surface area contributed by atoms with Crippen LogP contribution >= 0.6 is 0 Å². The van der Waals surface area contributed by atoms with E-state index < -0.39 is 12.1 Å². The molecule has 0 radical (unpaired) electrons. The van der Waals surface area contributed by atoms with E-state index in [1.54, 1.807) is 0 Å². The van der Waals surface area contributed by atoms with Gasteiger partial charge in [0.25, 0.3) is 0 Å². The van der Waals surface area contributed by atoms with Gasteiger partial charge in [0.05, 0.1) is 30.9 Å². The second-order valence-electron chi connectivity index (χ2n) is 13.9. The van der Waals surface area contributed by atoms with E-state index in [4.69, 9.17) is 14.6 Å². The Morgan fingerprint density at radius 2 is 1.88 bits per heavy atom. The standard InChI is InChI=1S/C32H49F3N6O2/c1-3-24(30-38-37-29(39(30)2)19-43-28-9-5-8-25(16-28)32(33,34)35)7-4-6-23-17-36-41(18-23)27-12-10-26(11-13-27)40-20-31(21-40)14-15-42-22-31/h17-18,24-28H,3-16,19-22H2,1-2H3/t24?,25-,26?,27?,28-/m0/s1. The minimum Gasteiger partial charge on any atom is -0.381 e. The van der Waals surface area contributed by atoms with Crippen molar-refractivity contribution in [3.63, 3.8) is 0 Å². The molecule has 2 aliphatic carbocycles. The van der Waals surface area contributed by atoms with E-state index in [9.17, 15) is 13.2 Å². The van der Waals surface area contributed by atoms with Crippen LogP contribution in [-0.2, 0) is 29.5 Å². The Bertz CT molecular complexity index is 1180. The van der Waals surface area contributed by atoms with Crippen molar-refractivity contribution in [2.45, 2.75) is 127 Å². The molecule has 2 aliphatic heterocycles. The lowest BCUT2D eigenvalue weighted by Gasteiger charge is -2.52. The van der Waals surface area contributed by atoms with Crippen molar-refractivity contribution in [1.29, 1.82) is 0 Å². The lowest BCUT2D eigenvalue weighted by molar-refractivity contribution is -0.193. The minimum absolute atomic E-state index is 0.0407. The van der Waals surface area contributed by atoms with Gasteiger partial charge in [-0.3, -0.25) is 9.58 Å². The number of rotatable bonds is 11. The normalized spacial score (nSPS) is 28.8. The van der Waals surface area contributed by atoms with E-state index in [0.717, 1.165) is 50.8 Å². The van der Waals surface area contributed by atoms with E-state index >= 15 is 0 Å². The van der Waals surface area contributed by atoms with Gasteiger partial charge in [-0.05, 0) is 82.6 Å². The van der Waals surface area contributed by atoms with Gasteiger partial charge >= 0.3 is 6.18 Å². The van der Waals surface area contributed by atoms with Crippen LogP contribution in [-0.4, -0.2) is 74.1 Å². The fourth-order valence-corrected chi connectivity index (χ4v) is 8.08. The smallest absolute Gasteiger partial charge is 0.381 e. The molecular weight excluding hydrogens is 557 g/mol. The maximum Gasteiger partial charge on any atom is 0.391 e. The first-order valence-corrected chi connectivity index (χ1v) is 16.6. The highest BCUT2D eigenvalue weighted by Gasteiger charge is 2.48. The Morgan fingerprint density at radius 3 is 2.60 bits per heavy atom. The first kappa shape index (κ1) is 31.0. The molecule has 2 aromatic rings. The van der Waals surface area contributed by atoms with Crippen LogP contribution in [0, 0.1) is 11.3 Å². The summed E-state index contributed by atoms with van der Waals surface area (Å²) in [6.45, 7) is 6.72. The van der Waals surface area contributed by atoms with E-state index in [1.165, 1.54) is 50.8 Å². The van der Waals surface area contributed by atoms with Gasteiger partial charge in [-0.2, -0.15) is 18.3 Å². The number of nitrogens with zero attached hydrogens (tertiary/aromatic N) is 6. The highest BCUT2D eigenvalue weighted by molar-refractivity contribution is 5.07. The molecule has 240 valence electrons. The molecule has 2 saturated carbocycles. The van der Waals surface area contributed by atoms with E-state index in [1.807, 2.05) is 17.8 Å². The molecule has 4 heterocycles. The molecule has 0 bridgehead atoms. The molecule has 2 aromatic heterocycles. The number of halogens is 3. The molecule has 2 saturated heterocycles. The van der Waals surface area contributed by atoms with Crippen molar-refractivity contribution in [2.24, 2.45) is 18.4 Å². The number of aromatic nitrogens is 5. The first-order chi connectivity index (χ1) is 20.7. The largest absolute Gasteiger partial charge is 0.391 e. The summed E-state index contributed by atoms with van der Waals surface area (Å²) >= 11 is 0. The molecule has 1 unspecified atom stereocenters. The summed E-state index contributed by atoms with van der Waals surface area (Å²) in [4.78, 5) is 2.69. The van der Waals surface area contributed by atoms with Crippen molar-refractivity contribution < 1.29 is 22.6 Å². The van der Waals surface area contributed by atoms with Crippen LogP contribution in [0.25, 0.3) is 0 Å². The SMILES string of the molecule is CCC(CCCc1cnn(C2CCC(N3CC4(CCOC4)C3)CC2)c1)c1nnc(CO[C@H]2CCC[C@H](C(F)(F)F)C2)n1C. The van der Waals surface area contributed by atoms with Gasteiger partial charge in [0.2, 0.25) is 0 Å². The number of likely N-dealkylation sites (tertiary alicyclic amines) is 1. The molecular formula is C32H49F3N6O2. The van der Waals surface area contributed by atoms with E-state index in [-0.39, 0.29) is 31.5 Å². The van der Waals surface area contributed by atoms with Crippen LogP contribution in [0.15, 0.2) is 12.4 Å². The van der Waals surface area contributed by atoms with Gasteiger partial charge in [0.15, 0.2) is 5.82 Å². The Balaban J connectivity index is 0.930. The Labute approximate surface area is 253 Å². The van der Waals surface area contributed by atoms with E-state index in [0.29, 0.717) is 30.1 Å². The number of hydrogen-bond acceptors (Lipinski definition) is 6. The lowest BCUT2D eigenvalue weighted by Crippen LogP contribution is -2.60. The van der Waals surface area contributed by atoms with Crippen LogP contribution < -0.4 is 0 Å². The number of alkyl halides is 3. The number of aryl methyl sites for hydroxylation is 1. The molecule has 8 nitrogen and oxygen atoms in total. The van der Waals surface area contributed by atoms with Crippen molar-refractivity contribution in [3.8, 4) is 0 Å². The van der Waals surface area contributed by atoms with Gasteiger partial charge in [-0.15, -0.1) is 10.2 Å². The summed E-state index contributed by atoms with van der Waals surface area (Å²) in [5.41, 5.74) is 1.76. The Morgan fingerprint density at radius 1 is 1.09 bits per heavy atom. The highest BCUT2D eigenvalue weighted by Crippen LogP contribution is 2.43.